The lowest BCUT2D eigenvalue weighted by Gasteiger charge is -2.31. The number of nitrogens with one attached hydrogen (secondary N) is 1. The Balaban J connectivity index is 2.16. The topological polar surface area (TPSA) is 83.5 Å². The van der Waals surface area contributed by atoms with Gasteiger partial charge in [0.25, 0.3) is 0 Å². The fourth-order valence-electron chi connectivity index (χ4n) is 3.25. The van der Waals surface area contributed by atoms with Gasteiger partial charge in [-0.25, -0.2) is 8.42 Å². The molecule has 19 heavy (non-hydrogen) atoms. The third kappa shape index (κ3) is 1.70. The zero-order chi connectivity index (χ0) is 13.7. The van der Waals surface area contributed by atoms with Crippen molar-refractivity contribution in [1.29, 1.82) is 0 Å². The first-order valence-corrected chi connectivity index (χ1v) is 7.93. The minimum atomic E-state index is -3.37. The number of aliphatic carboxylic acids is 1. The minimum absolute atomic E-state index is 0.119. The first-order chi connectivity index (χ1) is 8.97. The van der Waals surface area contributed by atoms with Crippen molar-refractivity contribution in [2.45, 2.75) is 29.2 Å². The fourth-order valence-corrected chi connectivity index (χ4v) is 5.19. The van der Waals surface area contributed by atoms with Gasteiger partial charge in [-0.2, -0.15) is 0 Å². The molecule has 0 amide bonds. The normalized spacial score (nSPS) is 32.1. The Morgan fingerprint density at radius 1 is 1.37 bits per heavy atom. The first kappa shape index (κ1) is 12.6. The zero-order valence-electron chi connectivity index (χ0n) is 10.3. The smallest absolute Gasteiger partial charge is 0.324 e. The van der Waals surface area contributed by atoms with Gasteiger partial charge in [0, 0.05) is 5.92 Å². The highest BCUT2D eigenvalue weighted by Crippen LogP contribution is 2.44. The van der Waals surface area contributed by atoms with Crippen LogP contribution in [0.3, 0.4) is 0 Å². The van der Waals surface area contributed by atoms with E-state index in [-0.39, 0.29) is 10.6 Å². The molecule has 2 unspecified atom stereocenters. The average Bonchev–Trinajstić information content (AvgIpc) is 2.95. The lowest BCUT2D eigenvalue weighted by molar-refractivity contribution is -0.145. The maximum atomic E-state index is 12.2. The summed E-state index contributed by atoms with van der Waals surface area (Å²) in [7, 11) is -3.37. The summed E-state index contributed by atoms with van der Waals surface area (Å²) in [6.07, 6.45) is 1.22. The maximum Gasteiger partial charge on any atom is 0.324 e. The van der Waals surface area contributed by atoms with Gasteiger partial charge in [-0.15, -0.1) is 0 Å². The predicted molar refractivity (Wildman–Crippen MR) is 68.8 cm³/mol. The van der Waals surface area contributed by atoms with E-state index < -0.39 is 27.3 Å². The number of hydrogen-bond acceptors (Lipinski definition) is 4. The fraction of sp³-hybridized carbons (Fsp3) is 0.462. The highest BCUT2D eigenvalue weighted by molar-refractivity contribution is 7.91. The van der Waals surface area contributed by atoms with E-state index in [4.69, 9.17) is 0 Å². The molecule has 5 nitrogen and oxygen atoms in total. The van der Waals surface area contributed by atoms with Crippen LogP contribution < -0.4 is 5.32 Å². The molecule has 0 spiro atoms. The van der Waals surface area contributed by atoms with Crippen molar-refractivity contribution in [3.8, 4) is 0 Å². The maximum absolute atomic E-state index is 12.2. The predicted octanol–water partition coefficient (Wildman–Crippen LogP) is 0.764. The van der Waals surface area contributed by atoms with E-state index >= 15 is 0 Å². The molecule has 102 valence electrons. The van der Waals surface area contributed by atoms with Gasteiger partial charge in [0.15, 0.2) is 9.84 Å². The molecule has 1 fully saturated rings. The molecule has 2 atom stereocenters. The highest BCUT2D eigenvalue weighted by atomic mass is 32.2. The Hall–Kier alpha value is -1.40. The zero-order valence-corrected chi connectivity index (χ0v) is 11.1. The summed E-state index contributed by atoms with van der Waals surface area (Å²) in [6, 6.07) is 6.73. The Bertz CT molecular complexity index is 632. The monoisotopic (exact) mass is 281 g/mol. The molecular formula is C13H15NO4S. The van der Waals surface area contributed by atoms with Gasteiger partial charge in [0.2, 0.25) is 0 Å². The van der Waals surface area contributed by atoms with Gasteiger partial charge in [-0.05, 0) is 31.0 Å². The number of fused-ring (bicyclic) bond motifs is 1. The third-order valence-electron chi connectivity index (χ3n) is 4.18. The van der Waals surface area contributed by atoms with Gasteiger partial charge in [-0.1, -0.05) is 18.2 Å². The summed E-state index contributed by atoms with van der Waals surface area (Å²) in [5, 5.41) is 12.6. The van der Waals surface area contributed by atoms with Crippen molar-refractivity contribution in [2.24, 2.45) is 0 Å². The summed E-state index contributed by atoms with van der Waals surface area (Å²) in [4.78, 5) is 12.0. The van der Waals surface area contributed by atoms with Crippen LogP contribution >= 0.6 is 0 Å². The summed E-state index contributed by atoms with van der Waals surface area (Å²) >= 11 is 0. The second-order valence-corrected chi connectivity index (χ2v) is 7.18. The number of carbonyl (C=O) groups is 1. The second kappa shape index (κ2) is 4.05. The molecule has 1 aromatic carbocycles. The van der Waals surface area contributed by atoms with Crippen molar-refractivity contribution in [3.05, 3.63) is 29.8 Å². The van der Waals surface area contributed by atoms with Crippen molar-refractivity contribution < 1.29 is 18.3 Å². The van der Waals surface area contributed by atoms with E-state index in [1.54, 1.807) is 24.3 Å². The van der Waals surface area contributed by atoms with E-state index in [2.05, 4.69) is 5.32 Å². The number of benzene rings is 1. The van der Waals surface area contributed by atoms with Crippen LogP contribution in [0.5, 0.6) is 0 Å². The summed E-state index contributed by atoms with van der Waals surface area (Å²) in [6.45, 7) is 0.616. The van der Waals surface area contributed by atoms with Crippen LogP contribution in [-0.2, 0) is 14.6 Å². The molecule has 1 aromatic rings. The number of carboxylic acid groups (broad SMARTS) is 1. The molecule has 2 heterocycles. The molecule has 0 aromatic heterocycles. The largest absolute Gasteiger partial charge is 0.480 e. The highest BCUT2D eigenvalue weighted by Gasteiger charge is 2.53. The van der Waals surface area contributed by atoms with E-state index in [1.807, 2.05) is 0 Å². The second-order valence-electron chi connectivity index (χ2n) is 5.18. The third-order valence-corrected chi connectivity index (χ3v) is 5.99. The summed E-state index contributed by atoms with van der Waals surface area (Å²) in [5.41, 5.74) is -0.501. The average molecular weight is 281 g/mol. The van der Waals surface area contributed by atoms with Crippen LogP contribution in [0.1, 0.15) is 24.3 Å². The molecule has 1 saturated heterocycles. The van der Waals surface area contributed by atoms with E-state index in [1.165, 1.54) is 0 Å². The van der Waals surface area contributed by atoms with Crippen molar-refractivity contribution in [1.82, 2.24) is 5.32 Å². The van der Waals surface area contributed by atoms with Crippen molar-refractivity contribution in [3.63, 3.8) is 0 Å². The van der Waals surface area contributed by atoms with Gasteiger partial charge >= 0.3 is 5.97 Å². The Morgan fingerprint density at radius 3 is 2.74 bits per heavy atom. The van der Waals surface area contributed by atoms with Gasteiger partial charge in [0.05, 0.1) is 10.6 Å². The standard InChI is InChI=1S/C13H15NO4S/c15-12(16)13(6-3-7-14-13)10-8-19(17,18)11-5-2-1-4-9(10)11/h1-2,4-5,10,14H,3,6-8H2,(H,15,16). The van der Waals surface area contributed by atoms with E-state index in [9.17, 15) is 18.3 Å². The first-order valence-electron chi connectivity index (χ1n) is 6.27. The quantitative estimate of drug-likeness (QED) is 0.836. The van der Waals surface area contributed by atoms with Crippen LogP contribution in [0, 0.1) is 0 Å². The Morgan fingerprint density at radius 2 is 2.11 bits per heavy atom. The SMILES string of the molecule is O=C(O)C1(C2CS(=O)(=O)c3ccccc32)CCCN1. The Kier molecular flexibility index (Phi) is 2.69. The Labute approximate surface area is 111 Å². The lowest BCUT2D eigenvalue weighted by Crippen LogP contribution is -2.53. The molecule has 2 aliphatic heterocycles. The molecule has 3 rings (SSSR count). The summed E-state index contributed by atoms with van der Waals surface area (Å²) in [5.74, 6) is -1.58. The van der Waals surface area contributed by atoms with Gasteiger partial charge < -0.3 is 10.4 Å². The van der Waals surface area contributed by atoms with Crippen LogP contribution in [0.4, 0.5) is 0 Å². The molecule has 6 heteroatoms. The molecule has 0 radical (unpaired) electrons. The van der Waals surface area contributed by atoms with E-state index in [0.29, 0.717) is 18.5 Å². The van der Waals surface area contributed by atoms with Crippen molar-refractivity contribution >= 4 is 15.8 Å². The number of carboxylic acids is 1. The van der Waals surface area contributed by atoms with E-state index in [0.717, 1.165) is 6.42 Å². The molecule has 0 saturated carbocycles. The van der Waals surface area contributed by atoms with Crippen LogP contribution in [0.2, 0.25) is 0 Å². The molecule has 2 aliphatic rings. The number of rotatable bonds is 2. The van der Waals surface area contributed by atoms with Gasteiger partial charge in [0.1, 0.15) is 5.54 Å². The molecule has 0 bridgehead atoms. The van der Waals surface area contributed by atoms with Gasteiger partial charge in [-0.3, -0.25) is 4.79 Å². The lowest BCUT2D eigenvalue weighted by atomic mass is 9.79. The molecule has 0 aliphatic carbocycles. The number of hydrogen-bond donors (Lipinski definition) is 2. The van der Waals surface area contributed by atoms with Crippen LogP contribution in [-0.4, -0.2) is 37.3 Å². The molecular weight excluding hydrogens is 266 g/mol. The van der Waals surface area contributed by atoms with Crippen molar-refractivity contribution in [2.75, 3.05) is 12.3 Å². The minimum Gasteiger partial charge on any atom is -0.480 e. The number of sulfone groups is 1. The summed E-state index contributed by atoms with van der Waals surface area (Å²) < 4.78 is 24.3. The molecule has 2 N–H and O–H groups in total. The van der Waals surface area contributed by atoms with Crippen LogP contribution in [0.15, 0.2) is 29.2 Å². The van der Waals surface area contributed by atoms with Crippen LogP contribution in [0.25, 0.3) is 0 Å².